The molecule has 1 heterocycles. The number of carbonyl (C=O) groups excluding carboxylic acids is 1. The third kappa shape index (κ3) is 1.93. The Morgan fingerprint density at radius 1 is 1.31 bits per heavy atom. The van der Waals surface area contributed by atoms with Gasteiger partial charge in [-0.3, -0.25) is 5.01 Å². The van der Waals surface area contributed by atoms with Crippen molar-refractivity contribution in [1.29, 1.82) is 0 Å². The zero-order valence-electron chi connectivity index (χ0n) is 9.04. The van der Waals surface area contributed by atoms with Crippen LogP contribution in [0.5, 0.6) is 0 Å². The first-order chi connectivity index (χ1) is 7.68. The first-order valence-electron chi connectivity index (χ1n) is 4.82. The Labute approximate surface area is 93.0 Å². The molecule has 0 N–H and O–H groups in total. The molecule has 0 bridgehead atoms. The second-order valence-corrected chi connectivity index (χ2v) is 3.36. The van der Waals surface area contributed by atoms with E-state index in [4.69, 9.17) is 0 Å². The summed E-state index contributed by atoms with van der Waals surface area (Å²) in [6, 6.07) is 9.52. The van der Waals surface area contributed by atoms with Crippen LogP contribution in [0.2, 0.25) is 0 Å². The highest BCUT2D eigenvalue weighted by Crippen LogP contribution is 2.12. The van der Waals surface area contributed by atoms with Gasteiger partial charge in [0.1, 0.15) is 5.71 Å². The van der Waals surface area contributed by atoms with Crippen molar-refractivity contribution >= 4 is 23.1 Å². The zero-order valence-corrected chi connectivity index (χ0v) is 9.04. The molecule has 0 radical (unpaired) electrons. The molecule has 16 heavy (non-hydrogen) atoms. The van der Waals surface area contributed by atoms with Gasteiger partial charge in [0.15, 0.2) is 5.71 Å². The third-order valence-electron chi connectivity index (χ3n) is 2.18. The average Bonchev–Trinajstić information content (AvgIpc) is 2.62. The molecule has 5 heteroatoms. The van der Waals surface area contributed by atoms with Crippen LogP contribution in [-0.4, -0.2) is 24.4 Å². The lowest BCUT2D eigenvalue weighted by Crippen LogP contribution is -2.21. The molecular weight excluding hydrogens is 206 g/mol. The Bertz CT molecular complexity index is 465. The largest absolute Gasteiger partial charge is 0.387 e. The summed E-state index contributed by atoms with van der Waals surface area (Å²) in [6.45, 7) is 1.68. The van der Waals surface area contributed by atoms with E-state index >= 15 is 0 Å². The van der Waals surface area contributed by atoms with E-state index in [9.17, 15) is 4.79 Å². The molecule has 0 aromatic heterocycles. The van der Waals surface area contributed by atoms with Gasteiger partial charge in [-0.05, 0) is 19.1 Å². The minimum absolute atomic E-state index is 0.242. The predicted molar refractivity (Wildman–Crippen MR) is 61.5 cm³/mol. The van der Waals surface area contributed by atoms with E-state index in [-0.39, 0.29) is 5.71 Å². The quantitative estimate of drug-likeness (QED) is 0.556. The number of hydrazone groups is 1. The molecule has 0 unspecified atom stereocenters. The zero-order chi connectivity index (χ0) is 11.5. The number of oxime groups is 1. The number of carbonyl (C=O) groups is 1. The van der Waals surface area contributed by atoms with Crippen LogP contribution >= 0.6 is 0 Å². The number of nitrogens with zero attached hydrogens (tertiary/aromatic N) is 3. The van der Waals surface area contributed by atoms with Crippen LogP contribution < -0.4 is 5.01 Å². The monoisotopic (exact) mass is 217 g/mol. The van der Waals surface area contributed by atoms with Crippen molar-refractivity contribution in [2.45, 2.75) is 6.92 Å². The first-order valence-corrected chi connectivity index (χ1v) is 4.82. The molecule has 1 aliphatic rings. The molecule has 5 nitrogen and oxygen atoms in total. The molecule has 2 rings (SSSR count). The predicted octanol–water partition coefficient (Wildman–Crippen LogP) is 1.41. The van der Waals surface area contributed by atoms with Gasteiger partial charge in [-0.15, -0.1) is 0 Å². The smallest absolute Gasteiger partial charge is 0.311 e. The standard InChI is InChI=1S/C11H11N3O2/c1-8-10(11(15)16-13-8)12-14(2)9-6-4-3-5-7-9/h3-7H,1-2H3/b12-10+. The van der Waals surface area contributed by atoms with Crippen molar-refractivity contribution in [3.05, 3.63) is 30.3 Å². The summed E-state index contributed by atoms with van der Waals surface area (Å²) in [4.78, 5) is 15.8. The van der Waals surface area contributed by atoms with Crippen LogP contribution in [0, 0.1) is 0 Å². The van der Waals surface area contributed by atoms with E-state index in [0.29, 0.717) is 5.71 Å². The maximum Gasteiger partial charge on any atom is 0.387 e. The lowest BCUT2D eigenvalue weighted by Gasteiger charge is -2.12. The first kappa shape index (κ1) is 10.4. The lowest BCUT2D eigenvalue weighted by atomic mass is 10.3. The van der Waals surface area contributed by atoms with Crippen LogP contribution in [0.3, 0.4) is 0 Å². The van der Waals surface area contributed by atoms with Crippen LogP contribution in [0.4, 0.5) is 5.69 Å². The number of para-hydroxylation sites is 1. The molecule has 1 aliphatic heterocycles. The van der Waals surface area contributed by atoms with E-state index in [1.165, 1.54) is 0 Å². The van der Waals surface area contributed by atoms with Gasteiger partial charge >= 0.3 is 5.97 Å². The highest BCUT2D eigenvalue weighted by molar-refractivity contribution is 6.66. The molecule has 1 aromatic carbocycles. The van der Waals surface area contributed by atoms with Gasteiger partial charge < -0.3 is 4.84 Å². The summed E-state index contributed by atoms with van der Waals surface area (Å²) in [7, 11) is 1.77. The fourth-order valence-electron chi connectivity index (χ4n) is 1.31. The van der Waals surface area contributed by atoms with Gasteiger partial charge in [0.05, 0.1) is 5.69 Å². The molecule has 0 aliphatic carbocycles. The maximum atomic E-state index is 11.3. The molecule has 0 spiro atoms. The highest BCUT2D eigenvalue weighted by atomic mass is 16.7. The summed E-state index contributed by atoms with van der Waals surface area (Å²) in [5.74, 6) is -0.514. The van der Waals surface area contributed by atoms with Crippen molar-refractivity contribution in [2.75, 3.05) is 12.1 Å². The minimum atomic E-state index is -0.514. The topological polar surface area (TPSA) is 54.3 Å². The second-order valence-electron chi connectivity index (χ2n) is 3.36. The fourth-order valence-corrected chi connectivity index (χ4v) is 1.31. The number of benzene rings is 1. The second kappa shape index (κ2) is 4.14. The fraction of sp³-hybridized carbons (Fsp3) is 0.182. The molecule has 0 saturated heterocycles. The van der Waals surface area contributed by atoms with E-state index in [0.717, 1.165) is 5.69 Å². The lowest BCUT2D eigenvalue weighted by molar-refractivity contribution is -0.134. The Balaban J connectivity index is 2.25. The average molecular weight is 217 g/mol. The summed E-state index contributed by atoms with van der Waals surface area (Å²) in [6.07, 6.45) is 0. The Morgan fingerprint density at radius 3 is 2.56 bits per heavy atom. The molecule has 0 saturated carbocycles. The van der Waals surface area contributed by atoms with Gasteiger partial charge in [0.2, 0.25) is 0 Å². The number of anilines is 1. The van der Waals surface area contributed by atoms with Crippen LogP contribution in [0.25, 0.3) is 0 Å². The highest BCUT2D eigenvalue weighted by Gasteiger charge is 2.24. The SMILES string of the molecule is CC1=NOC(=O)/C1=N/N(C)c1ccccc1. The molecule has 0 fully saturated rings. The van der Waals surface area contributed by atoms with Crippen LogP contribution in [0.1, 0.15) is 6.92 Å². The van der Waals surface area contributed by atoms with Crippen molar-refractivity contribution < 1.29 is 9.63 Å². The Kier molecular flexibility index (Phi) is 2.68. The molecule has 82 valence electrons. The number of hydrogen-bond acceptors (Lipinski definition) is 5. The van der Waals surface area contributed by atoms with Gasteiger partial charge in [-0.1, -0.05) is 23.4 Å². The number of hydrogen-bond donors (Lipinski definition) is 0. The van der Waals surface area contributed by atoms with Crippen LogP contribution in [-0.2, 0) is 9.63 Å². The van der Waals surface area contributed by atoms with E-state index < -0.39 is 5.97 Å². The van der Waals surface area contributed by atoms with E-state index in [1.807, 2.05) is 30.3 Å². The Morgan fingerprint density at radius 2 is 2.00 bits per heavy atom. The van der Waals surface area contributed by atoms with E-state index in [2.05, 4.69) is 15.1 Å². The molecule has 0 atom stereocenters. The molecule has 1 aromatic rings. The van der Waals surface area contributed by atoms with Gasteiger partial charge in [0, 0.05) is 7.05 Å². The van der Waals surface area contributed by atoms with Crippen molar-refractivity contribution in [3.63, 3.8) is 0 Å². The normalized spacial score (nSPS) is 17.2. The third-order valence-corrected chi connectivity index (χ3v) is 2.18. The summed E-state index contributed by atoms with van der Waals surface area (Å²) in [5.41, 5.74) is 1.63. The summed E-state index contributed by atoms with van der Waals surface area (Å²) in [5, 5.41) is 9.32. The van der Waals surface area contributed by atoms with Crippen molar-refractivity contribution in [1.82, 2.24) is 0 Å². The molecular formula is C11H11N3O2. The minimum Gasteiger partial charge on any atom is -0.311 e. The van der Waals surface area contributed by atoms with Gasteiger partial charge in [-0.25, -0.2) is 4.79 Å². The van der Waals surface area contributed by atoms with Crippen molar-refractivity contribution in [2.24, 2.45) is 10.3 Å². The van der Waals surface area contributed by atoms with Gasteiger partial charge in [0.25, 0.3) is 0 Å². The van der Waals surface area contributed by atoms with Crippen molar-refractivity contribution in [3.8, 4) is 0 Å². The number of rotatable bonds is 2. The van der Waals surface area contributed by atoms with Gasteiger partial charge in [-0.2, -0.15) is 5.10 Å². The summed E-state index contributed by atoms with van der Waals surface area (Å²) >= 11 is 0. The maximum absolute atomic E-state index is 11.3. The van der Waals surface area contributed by atoms with Crippen LogP contribution in [0.15, 0.2) is 40.6 Å². The summed E-state index contributed by atoms with van der Waals surface area (Å²) < 4.78 is 0. The Hall–Kier alpha value is -2.17. The van der Waals surface area contributed by atoms with E-state index in [1.54, 1.807) is 19.0 Å². The molecule has 0 amide bonds.